The molecule has 0 saturated carbocycles. The maximum atomic E-state index is 13.5. The first-order chi connectivity index (χ1) is 17.8. The number of nitrogens with one attached hydrogen (secondary N) is 3. The first-order valence-electron chi connectivity index (χ1n) is 13.5. The summed E-state index contributed by atoms with van der Waals surface area (Å²) in [5.74, 6) is 0.534. The molecule has 2 heterocycles. The van der Waals surface area contributed by atoms with Crippen molar-refractivity contribution in [2.45, 2.75) is 62.9 Å². The van der Waals surface area contributed by atoms with Gasteiger partial charge in [-0.25, -0.2) is 13.1 Å². The molecule has 0 spiro atoms. The van der Waals surface area contributed by atoms with Gasteiger partial charge in [0.15, 0.2) is 0 Å². The Morgan fingerprint density at radius 3 is 2.46 bits per heavy atom. The lowest BCUT2D eigenvalue weighted by atomic mass is 9.90. The van der Waals surface area contributed by atoms with E-state index in [-0.39, 0.29) is 35.3 Å². The van der Waals surface area contributed by atoms with Gasteiger partial charge in [0.2, 0.25) is 15.9 Å². The molecule has 5 N–H and O–H groups in total. The third-order valence-corrected chi connectivity index (χ3v) is 9.12. The largest absolute Gasteiger partial charge is 0.370 e. The van der Waals surface area contributed by atoms with Crippen LogP contribution in [0.3, 0.4) is 0 Å². The maximum Gasteiger partial charge on any atom is 0.242 e. The van der Waals surface area contributed by atoms with Gasteiger partial charge in [-0.2, -0.15) is 0 Å². The van der Waals surface area contributed by atoms with Crippen molar-refractivity contribution in [3.63, 3.8) is 0 Å². The second-order valence-electron chi connectivity index (χ2n) is 10.6. The number of sulfonamides is 1. The SMILES string of the molecule is CC(C)C(CN)NS(=O)(=O)c1ccc(NC(=O)C2CCCN2)cc1N1CCC(Cc2ccccc2)CC1. The fraction of sp³-hybridized carbons (Fsp3) is 0.536. The Kier molecular flexibility index (Phi) is 9.23. The van der Waals surface area contributed by atoms with Gasteiger partial charge < -0.3 is 21.3 Å². The molecular weight excluding hydrogens is 486 g/mol. The summed E-state index contributed by atoms with van der Waals surface area (Å²) in [5.41, 5.74) is 8.44. The predicted octanol–water partition coefficient (Wildman–Crippen LogP) is 3.10. The summed E-state index contributed by atoms with van der Waals surface area (Å²) >= 11 is 0. The number of hydrogen-bond acceptors (Lipinski definition) is 6. The normalized spacial score (nSPS) is 19.8. The summed E-state index contributed by atoms with van der Waals surface area (Å²) < 4.78 is 29.9. The Hall–Kier alpha value is -2.46. The van der Waals surface area contributed by atoms with Crippen LogP contribution in [0.25, 0.3) is 0 Å². The lowest BCUT2D eigenvalue weighted by molar-refractivity contribution is -0.117. The molecule has 37 heavy (non-hydrogen) atoms. The smallest absolute Gasteiger partial charge is 0.242 e. The summed E-state index contributed by atoms with van der Waals surface area (Å²) in [7, 11) is -3.82. The van der Waals surface area contributed by atoms with Crippen LogP contribution in [0.2, 0.25) is 0 Å². The van der Waals surface area contributed by atoms with Gasteiger partial charge >= 0.3 is 0 Å². The summed E-state index contributed by atoms with van der Waals surface area (Å²) in [6, 6.07) is 15.0. The molecule has 0 bridgehead atoms. The van der Waals surface area contributed by atoms with Gasteiger partial charge in [0.05, 0.1) is 11.7 Å². The number of piperidine rings is 1. The third-order valence-electron chi connectivity index (χ3n) is 7.58. The highest BCUT2D eigenvalue weighted by Gasteiger charge is 2.29. The number of anilines is 2. The Morgan fingerprint density at radius 2 is 1.84 bits per heavy atom. The van der Waals surface area contributed by atoms with E-state index in [0.29, 0.717) is 17.3 Å². The van der Waals surface area contributed by atoms with Crippen LogP contribution in [0.15, 0.2) is 53.4 Å². The van der Waals surface area contributed by atoms with Crippen LogP contribution < -0.4 is 26.0 Å². The zero-order valence-corrected chi connectivity index (χ0v) is 22.8. The minimum Gasteiger partial charge on any atom is -0.370 e. The van der Waals surface area contributed by atoms with Crippen molar-refractivity contribution in [1.29, 1.82) is 0 Å². The quantitative estimate of drug-likeness (QED) is 0.377. The minimum absolute atomic E-state index is 0.0643. The van der Waals surface area contributed by atoms with Crippen molar-refractivity contribution in [3.8, 4) is 0 Å². The van der Waals surface area contributed by atoms with E-state index >= 15 is 0 Å². The molecule has 2 saturated heterocycles. The Labute approximate surface area is 221 Å². The van der Waals surface area contributed by atoms with E-state index in [4.69, 9.17) is 5.73 Å². The van der Waals surface area contributed by atoms with Gasteiger partial charge in [0.25, 0.3) is 0 Å². The number of nitrogens with zero attached hydrogens (tertiary/aromatic N) is 1. The molecule has 0 aliphatic carbocycles. The second-order valence-corrected chi connectivity index (χ2v) is 12.3. The number of carbonyl (C=O) groups excluding carboxylic acids is 1. The summed E-state index contributed by atoms with van der Waals surface area (Å²) in [6.45, 7) is 6.47. The highest BCUT2D eigenvalue weighted by Crippen LogP contribution is 2.33. The number of benzene rings is 2. The summed E-state index contributed by atoms with van der Waals surface area (Å²) in [6.07, 6.45) is 4.75. The first-order valence-corrected chi connectivity index (χ1v) is 14.9. The lowest BCUT2D eigenvalue weighted by Gasteiger charge is -2.35. The summed E-state index contributed by atoms with van der Waals surface area (Å²) in [4.78, 5) is 15.1. The van der Waals surface area contributed by atoms with Gasteiger partial charge in [0.1, 0.15) is 4.90 Å². The number of hydrogen-bond donors (Lipinski definition) is 4. The molecule has 0 radical (unpaired) electrons. The van der Waals surface area contributed by atoms with E-state index < -0.39 is 10.0 Å². The van der Waals surface area contributed by atoms with Crippen molar-refractivity contribution in [1.82, 2.24) is 10.0 Å². The molecule has 2 aromatic carbocycles. The molecule has 2 aliphatic rings. The van der Waals surface area contributed by atoms with Crippen LogP contribution in [-0.4, -0.2) is 52.6 Å². The van der Waals surface area contributed by atoms with E-state index in [2.05, 4.69) is 44.5 Å². The van der Waals surface area contributed by atoms with Crippen molar-refractivity contribution in [2.24, 2.45) is 17.6 Å². The monoisotopic (exact) mass is 527 g/mol. The average Bonchev–Trinajstić information content (AvgIpc) is 3.43. The van der Waals surface area contributed by atoms with Gasteiger partial charge in [-0.05, 0) is 74.2 Å². The van der Waals surface area contributed by atoms with Crippen LogP contribution >= 0.6 is 0 Å². The first kappa shape index (κ1) is 27.6. The number of nitrogens with two attached hydrogens (primary N) is 1. The van der Waals surface area contributed by atoms with E-state index in [0.717, 1.165) is 51.7 Å². The fourth-order valence-corrected chi connectivity index (χ4v) is 6.86. The molecule has 1 amide bonds. The maximum absolute atomic E-state index is 13.5. The molecule has 2 atom stereocenters. The number of amides is 1. The molecule has 2 aromatic rings. The van der Waals surface area contributed by atoms with Crippen molar-refractivity contribution < 1.29 is 13.2 Å². The highest BCUT2D eigenvalue weighted by molar-refractivity contribution is 7.89. The number of rotatable bonds is 10. The predicted molar refractivity (Wildman–Crippen MR) is 149 cm³/mol. The Morgan fingerprint density at radius 1 is 1.11 bits per heavy atom. The van der Waals surface area contributed by atoms with Gasteiger partial charge in [-0.1, -0.05) is 44.2 Å². The minimum atomic E-state index is -3.82. The molecule has 8 nitrogen and oxygen atoms in total. The summed E-state index contributed by atoms with van der Waals surface area (Å²) in [5, 5.41) is 6.20. The van der Waals surface area contributed by atoms with E-state index in [1.807, 2.05) is 26.0 Å². The third kappa shape index (κ3) is 7.10. The molecular formula is C28H41N5O3S. The van der Waals surface area contributed by atoms with Crippen LogP contribution in [0.4, 0.5) is 11.4 Å². The van der Waals surface area contributed by atoms with Gasteiger partial charge in [-0.15, -0.1) is 0 Å². The standard InChI is InChI=1S/C28H41N5O3S/c1-20(2)25(19-29)32-37(35,36)27-11-10-23(31-28(34)24-9-6-14-30-24)18-26(27)33-15-12-22(13-16-33)17-21-7-4-3-5-8-21/h3-5,7-8,10-11,18,20,22,24-25,30,32H,6,9,12-17,19,29H2,1-2H3,(H,31,34). The number of carbonyl (C=O) groups is 1. The van der Waals surface area contributed by atoms with E-state index in [9.17, 15) is 13.2 Å². The zero-order chi connectivity index (χ0) is 26.4. The Bertz CT molecular complexity index is 1140. The molecule has 2 fully saturated rings. The second kappa shape index (κ2) is 12.4. The van der Waals surface area contributed by atoms with Gasteiger partial charge in [-0.3, -0.25) is 4.79 Å². The Balaban J connectivity index is 1.56. The average molecular weight is 528 g/mol. The topological polar surface area (TPSA) is 117 Å². The highest BCUT2D eigenvalue weighted by atomic mass is 32.2. The van der Waals surface area contributed by atoms with Crippen LogP contribution in [0.5, 0.6) is 0 Å². The molecule has 202 valence electrons. The lowest BCUT2D eigenvalue weighted by Crippen LogP contribution is -2.44. The molecule has 0 aromatic heterocycles. The van der Waals surface area contributed by atoms with Crippen molar-refractivity contribution in [2.75, 3.05) is 36.4 Å². The molecule has 2 unspecified atom stereocenters. The molecule has 4 rings (SSSR count). The van der Waals surface area contributed by atoms with E-state index in [1.165, 1.54) is 5.56 Å². The van der Waals surface area contributed by atoms with Crippen molar-refractivity contribution >= 4 is 27.3 Å². The zero-order valence-electron chi connectivity index (χ0n) is 21.9. The van der Waals surface area contributed by atoms with E-state index in [1.54, 1.807) is 12.1 Å². The van der Waals surface area contributed by atoms with Crippen LogP contribution in [0.1, 0.15) is 45.1 Å². The fourth-order valence-electron chi connectivity index (χ4n) is 5.25. The van der Waals surface area contributed by atoms with Crippen LogP contribution in [0, 0.1) is 11.8 Å². The van der Waals surface area contributed by atoms with Crippen molar-refractivity contribution in [3.05, 3.63) is 54.1 Å². The van der Waals surface area contributed by atoms with Gasteiger partial charge in [0, 0.05) is 31.4 Å². The molecule has 2 aliphatic heterocycles. The molecule has 9 heteroatoms. The van der Waals surface area contributed by atoms with Crippen LogP contribution in [-0.2, 0) is 21.2 Å².